The van der Waals surface area contributed by atoms with Crippen molar-refractivity contribution >= 4 is 5.82 Å². The smallest absolute Gasteiger partial charge is 0.125 e. The maximum Gasteiger partial charge on any atom is 0.125 e. The molecular weight excluding hydrogens is 276 g/mol. The van der Waals surface area contributed by atoms with E-state index in [0.29, 0.717) is 19.6 Å². The number of aliphatic hydroxyl groups excluding tert-OH is 1. The zero-order chi connectivity index (χ0) is 15.6. The summed E-state index contributed by atoms with van der Waals surface area (Å²) in [7, 11) is 1.58. The van der Waals surface area contributed by atoms with Crippen LogP contribution in [0.2, 0.25) is 0 Å². The molecule has 0 saturated heterocycles. The van der Waals surface area contributed by atoms with Crippen LogP contribution in [0.3, 0.4) is 0 Å². The van der Waals surface area contributed by atoms with E-state index in [1.165, 1.54) is 0 Å². The lowest BCUT2D eigenvalue weighted by Gasteiger charge is -2.10. The number of ether oxygens (including phenoxy) is 1. The van der Waals surface area contributed by atoms with Crippen molar-refractivity contribution in [2.75, 3.05) is 25.6 Å². The number of rotatable bonds is 6. The Kier molecular flexibility index (Phi) is 6.43. The highest BCUT2D eigenvalue weighted by atomic mass is 16.5. The number of nitrogens with zero attached hydrogens (tertiary/aromatic N) is 1. The Balaban J connectivity index is 1.84. The second-order valence-electron chi connectivity index (χ2n) is 4.87. The molecule has 114 valence electrons. The van der Waals surface area contributed by atoms with Crippen molar-refractivity contribution in [1.29, 1.82) is 0 Å². The number of benzene rings is 1. The summed E-state index contributed by atoms with van der Waals surface area (Å²) in [5.41, 5.74) is 1.85. The number of pyridine rings is 1. The maximum absolute atomic E-state index is 9.55. The third-order valence-corrected chi connectivity index (χ3v) is 3.03. The van der Waals surface area contributed by atoms with Gasteiger partial charge < -0.3 is 15.2 Å². The molecule has 0 fully saturated rings. The quantitative estimate of drug-likeness (QED) is 0.803. The van der Waals surface area contributed by atoms with Gasteiger partial charge in [0.05, 0.1) is 12.7 Å². The molecule has 0 aliphatic carbocycles. The second kappa shape index (κ2) is 8.83. The van der Waals surface area contributed by atoms with Gasteiger partial charge >= 0.3 is 0 Å². The van der Waals surface area contributed by atoms with E-state index >= 15 is 0 Å². The van der Waals surface area contributed by atoms with Gasteiger partial charge in [0.1, 0.15) is 5.82 Å². The Labute approximate surface area is 131 Å². The molecule has 4 nitrogen and oxygen atoms in total. The minimum atomic E-state index is -0.450. The highest BCUT2D eigenvalue weighted by molar-refractivity contribution is 5.44. The number of aromatic nitrogens is 1. The molecule has 0 aliphatic rings. The first-order valence-electron chi connectivity index (χ1n) is 7.22. The summed E-state index contributed by atoms with van der Waals surface area (Å²) < 4.78 is 4.88. The standard InChI is InChI=1S/C18H20N2O2/c1-22-14-17(21)11-12-19-18-10-9-16(13-20-18)8-7-15-5-3-2-4-6-15/h2-6,9-10,13,17,21H,11-12,14H2,1H3,(H,19,20). The number of methoxy groups -OCH3 is 1. The van der Waals surface area contributed by atoms with Crippen LogP contribution in [0, 0.1) is 11.8 Å². The molecule has 22 heavy (non-hydrogen) atoms. The van der Waals surface area contributed by atoms with E-state index in [-0.39, 0.29) is 0 Å². The predicted molar refractivity (Wildman–Crippen MR) is 87.6 cm³/mol. The summed E-state index contributed by atoms with van der Waals surface area (Å²) in [6.45, 7) is 0.996. The fraction of sp³-hybridized carbons (Fsp3) is 0.278. The van der Waals surface area contributed by atoms with E-state index in [2.05, 4.69) is 22.1 Å². The average molecular weight is 296 g/mol. The molecule has 1 heterocycles. The van der Waals surface area contributed by atoms with Gasteiger partial charge in [0.2, 0.25) is 0 Å². The largest absolute Gasteiger partial charge is 0.391 e. The first-order valence-corrected chi connectivity index (χ1v) is 7.22. The summed E-state index contributed by atoms with van der Waals surface area (Å²) in [5, 5.41) is 12.7. The molecule has 0 saturated carbocycles. The van der Waals surface area contributed by atoms with Gasteiger partial charge in [-0.2, -0.15) is 0 Å². The van der Waals surface area contributed by atoms with Gasteiger partial charge in [-0.15, -0.1) is 0 Å². The van der Waals surface area contributed by atoms with E-state index in [4.69, 9.17) is 4.74 Å². The number of hydrogen-bond donors (Lipinski definition) is 2. The van der Waals surface area contributed by atoms with Crippen LogP contribution >= 0.6 is 0 Å². The zero-order valence-electron chi connectivity index (χ0n) is 12.6. The minimum Gasteiger partial charge on any atom is -0.391 e. The van der Waals surface area contributed by atoms with Crippen LogP contribution < -0.4 is 5.32 Å². The molecule has 1 aromatic carbocycles. The zero-order valence-corrected chi connectivity index (χ0v) is 12.6. The monoisotopic (exact) mass is 296 g/mol. The normalized spacial score (nSPS) is 11.4. The maximum atomic E-state index is 9.55. The molecular formula is C18H20N2O2. The number of hydrogen-bond acceptors (Lipinski definition) is 4. The van der Waals surface area contributed by atoms with E-state index in [0.717, 1.165) is 16.9 Å². The van der Waals surface area contributed by atoms with Crippen molar-refractivity contribution in [3.63, 3.8) is 0 Å². The van der Waals surface area contributed by atoms with Crippen molar-refractivity contribution in [1.82, 2.24) is 4.98 Å². The Morgan fingerprint density at radius 1 is 1.14 bits per heavy atom. The van der Waals surface area contributed by atoms with Crippen molar-refractivity contribution < 1.29 is 9.84 Å². The molecule has 2 aromatic rings. The third kappa shape index (κ3) is 5.57. The van der Waals surface area contributed by atoms with E-state index in [9.17, 15) is 5.11 Å². The van der Waals surface area contributed by atoms with E-state index in [1.807, 2.05) is 42.5 Å². The van der Waals surface area contributed by atoms with Crippen molar-refractivity contribution in [3.8, 4) is 11.8 Å². The Hall–Kier alpha value is -2.35. The number of anilines is 1. The first kappa shape index (κ1) is 16.0. The summed E-state index contributed by atoms with van der Waals surface area (Å²) in [4.78, 5) is 4.31. The molecule has 2 rings (SSSR count). The SMILES string of the molecule is COCC(O)CCNc1ccc(C#Cc2ccccc2)cn1. The molecule has 0 amide bonds. The molecule has 1 atom stereocenters. The average Bonchev–Trinajstić information content (AvgIpc) is 2.55. The van der Waals surface area contributed by atoms with Crippen LogP contribution in [0.4, 0.5) is 5.82 Å². The van der Waals surface area contributed by atoms with Crippen LogP contribution in [-0.2, 0) is 4.74 Å². The Bertz CT molecular complexity index is 615. The molecule has 1 unspecified atom stereocenters. The first-order chi connectivity index (χ1) is 10.8. The lowest BCUT2D eigenvalue weighted by molar-refractivity contribution is 0.0615. The van der Waals surface area contributed by atoms with Crippen LogP contribution in [0.25, 0.3) is 0 Å². The van der Waals surface area contributed by atoms with Gasteiger partial charge in [0.25, 0.3) is 0 Å². The second-order valence-corrected chi connectivity index (χ2v) is 4.87. The fourth-order valence-electron chi connectivity index (χ4n) is 1.88. The summed E-state index contributed by atoms with van der Waals surface area (Å²) in [6, 6.07) is 13.7. The number of nitrogens with one attached hydrogen (secondary N) is 1. The molecule has 0 bridgehead atoms. The molecule has 0 radical (unpaired) electrons. The molecule has 0 spiro atoms. The van der Waals surface area contributed by atoms with E-state index < -0.39 is 6.10 Å². The van der Waals surface area contributed by atoms with Crippen molar-refractivity contribution in [2.24, 2.45) is 0 Å². The summed E-state index contributed by atoms with van der Waals surface area (Å²) in [6.07, 6.45) is 1.91. The van der Waals surface area contributed by atoms with Crippen molar-refractivity contribution in [3.05, 3.63) is 59.8 Å². The highest BCUT2D eigenvalue weighted by Crippen LogP contribution is 2.05. The summed E-state index contributed by atoms with van der Waals surface area (Å²) >= 11 is 0. The van der Waals surface area contributed by atoms with E-state index in [1.54, 1.807) is 13.3 Å². The highest BCUT2D eigenvalue weighted by Gasteiger charge is 2.02. The van der Waals surface area contributed by atoms with Gasteiger partial charge in [-0.25, -0.2) is 4.98 Å². The lowest BCUT2D eigenvalue weighted by Crippen LogP contribution is -2.18. The summed E-state index contributed by atoms with van der Waals surface area (Å²) in [5.74, 6) is 6.95. The third-order valence-electron chi connectivity index (χ3n) is 3.03. The van der Waals surface area contributed by atoms with Gasteiger partial charge in [-0.3, -0.25) is 0 Å². The molecule has 2 N–H and O–H groups in total. The minimum absolute atomic E-state index is 0.350. The van der Waals surface area contributed by atoms with Crippen LogP contribution in [-0.4, -0.2) is 36.5 Å². The Morgan fingerprint density at radius 2 is 1.91 bits per heavy atom. The Morgan fingerprint density at radius 3 is 2.59 bits per heavy atom. The van der Waals surface area contributed by atoms with Gasteiger partial charge in [-0.05, 0) is 30.7 Å². The molecule has 1 aromatic heterocycles. The topological polar surface area (TPSA) is 54.4 Å². The lowest BCUT2D eigenvalue weighted by atomic mass is 10.2. The number of aliphatic hydroxyl groups is 1. The van der Waals surface area contributed by atoms with Crippen LogP contribution in [0.5, 0.6) is 0 Å². The van der Waals surface area contributed by atoms with Crippen LogP contribution in [0.1, 0.15) is 17.5 Å². The fourth-order valence-corrected chi connectivity index (χ4v) is 1.88. The van der Waals surface area contributed by atoms with Gasteiger partial charge in [0.15, 0.2) is 0 Å². The molecule has 0 aliphatic heterocycles. The predicted octanol–water partition coefficient (Wildman–Crippen LogP) is 2.29. The van der Waals surface area contributed by atoms with Crippen molar-refractivity contribution in [2.45, 2.75) is 12.5 Å². The molecule has 4 heteroatoms. The van der Waals surface area contributed by atoms with Crippen LogP contribution in [0.15, 0.2) is 48.7 Å². The van der Waals surface area contributed by atoms with Gasteiger partial charge in [0, 0.05) is 31.0 Å². The van der Waals surface area contributed by atoms with Gasteiger partial charge in [-0.1, -0.05) is 30.0 Å².